The number of sulfonamides is 1. The number of ether oxygens (including phenoxy) is 1. The van der Waals surface area contributed by atoms with Gasteiger partial charge in [-0.25, -0.2) is 13.1 Å². The molecule has 0 bridgehead atoms. The fraction of sp³-hybridized carbons (Fsp3) is 0.533. The Labute approximate surface area is 132 Å². The average molecular weight is 328 g/mol. The van der Waals surface area contributed by atoms with Gasteiger partial charge >= 0.3 is 0 Å². The molecule has 1 rings (SSSR count). The van der Waals surface area contributed by atoms with Gasteiger partial charge in [0.15, 0.2) is 0 Å². The molecule has 22 heavy (non-hydrogen) atoms. The summed E-state index contributed by atoms with van der Waals surface area (Å²) in [5.74, 6) is -0.0779. The van der Waals surface area contributed by atoms with Gasteiger partial charge < -0.3 is 9.64 Å². The lowest BCUT2D eigenvalue weighted by molar-refractivity contribution is -0.128. The molecule has 1 aromatic carbocycles. The molecule has 0 spiro atoms. The Morgan fingerprint density at radius 2 is 2.05 bits per heavy atom. The van der Waals surface area contributed by atoms with Gasteiger partial charge in [0.1, 0.15) is 0 Å². The van der Waals surface area contributed by atoms with Crippen LogP contribution in [0.15, 0.2) is 29.2 Å². The molecule has 0 fully saturated rings. The van der Waals surface area contributed by atoms with Crippen LogP contribution in [0.5, 0.6) is 0 Å². The van der Waals surface area contributed by atoms with Crippen molar-refractivity contribution in [3.8, 4) is 0 Å². The Kier molecular flexibility index (Phi) is 7.50. The van der Waals surface area contributed by atoms with Crippen molar-refractivity contribution in [2.24, 2.45) is 0 Å². The molecule has 0 radical (unpaired) electrons. The van der Waals surface area contributed by atoms with E-state index in [1.807, 2.05) is 13.0 Å². The standard InChI is InChI=1S/C15H24N2O4S/c1-13-6-4-7-15(12-13)22(19,20)16-8-10-17(14(2)18)9-5-11-21-3/h4,6-7,12,16H,5,8-11H2,1-3H3. The van der Waals surface area contributed by atoms with Gasteiger partial charge in [0.25, 0.3) is 0 Å². The predicted octanol–water partition coefficient (Wildman–Crippen LogP) is 1.16. The average Bonchev–Trinajstić information content (AvgIpc) is 2.45. The van der Waals surface area contributed by atoms with Gasteiger partial charge in [-0.15, -0.1) is 0 Å². The summed E-state index contributed by atoms with van der Waals surface area (Å²) in [6, 6.07) is 6.71. The lowest BCUT2D eigenvalue weighted by Crippen LogP contribution is -2.38. The Morgan fingerprint density at radius 3 is 2.64 bits per heavy atom. The SMILES string of the molecule is COCCCN(CCNS(=O)(=O)c1cccc(C)c1)C(C)=O. The van der Waals surface area contributed by atoms with Crippen LogP contribution < -0.4 is 4.72 Å². The van der Waals surface area contributed by atoms with Crippen LogP contribution in [0.3, 0.4) is 0 Å². The summed E-state index contributed by atoms with van der Waals surface area (Å²) in [7, 11) is -1.94. The third-order valence-corrected chi connectivity index (χ3v) is 4.65. The molecule has 0 saturated heterocycles. The smallest absolute Gasteiger partial charge is 0.240 e. The Morgan fingerprint density at radius 1 is 1.32 bits per heavy atom. The number of hydrogen-bond acceptors (Lipinski definition) is 4. The van der Waals surface area contributed by atoms with Crippen LogP contribution in [0, 0.1) is 6.92 Å². The minimum Gasteiger partial charge on any atom is -0.385 e. The van der Waals surface area contributed by atoms with Crippen LogP contribution in [0.1, 0.15) is 18.9 Å². The van der Waals surface area contributed by atoms with Crippen molar-refractivity contribution in [3.05, 3.63) is 29.8 Å². The second-order valence-electron chi connectivity index (χ2n) is 5.07. The summed E-state index contributed by atoms with van der Waals surface area (Å²) < 4.78 is 31.8. The van der Waals surface area contributed by atoms with Crippen molar-refractivity contribution in [3.63, 3.8) is 0 Å². The molecule has 6 nitrogen and oxygen atoms in total. The summed E-state index contributed by atoms with van der Waals surface area (Å²) in [5, 5.41) is 0. The monoisotopic (exact) mass is 328 g/mol. The maximum Gasteiger partial charge on any atom is 0.240 e. The van der Waals surface area contributed by atoms with E-state index in [1.54, 1.807) is 30.2 Å². The number of hydrogen-bond donors (Lipinski definition) is 1. The molecule has 0 saturated carbocycles. The molecule has 124 valence electrons. The maximum atomic E-state index is 12.2. The minimum absolute atomic E-state index is 0.0779. The molecule has 0 heterocycles. The molecule has 0 unspecified atom stereocenters. The normalized spacial score (nSPS) is 11.4. The highest BCUT2D eigenvalue weighted by Crippen LogP contribution is 2.10. The second kappa shape index (κ2) is 8.87. The first-order chi connectivity index (χ1) is 10.4. The molecule has 1 aromatic rings. The molecular formula is C15H24N2O4S. The van der Waals surface area contributed by atoms with E-state index >= 15 is 0 Å². The molecule has 0 aromatic heterocycles. The summed E-state index contributed by atoms with van der Waals surface area (Å²) in [5.41, 5.74) is 0.882. The largest absolute Gasteiger partial charge is 0.385 e. The number of aryl methyl sites for hydroxylation is 1. The number of amides is 1. The van der Waals surface area contributed by atoms with E-state index in [4.69, 9.17) is 4.74 Å². The molecule has 0 atom stereocenters. The molecular weight excluding hydrogens is 304 g/mol. The highest BCUT2D eigenvalue weighted by atomic mass is 32.2. The zero-order valence-electron chi connectivity index (χ0n) is 13.3. The van der Waals surface area contributed by atoms with Gasteiger partial charge in [0, 0.05) is 40.3 Å². The zero-order valence-corrected chi connectivity index (χ0v) is 14.1. The van der Waals surface area contributed by atoms with Crippen LogP contribution in [-0.2, 0) is 19.6 Å². The molecule has 0 aliphatic heterocycles. The number of rotatable bonds is 9. The fourth-order valence-electron chi connectivity index (χ4n) is 2.01. The lowest BCUT2D eigenvalue weighted by Gasteiger charge is -2.21. The van der Waals surface area contributed by atoms with Crippen molar-refractivity contribution in [2.75, 3.05) is 33.4 Å². The first kappa shape index (κ1) is 18.6. The molecule has 1 amide bonds. The Bertz CT molecular complexity index is 587. The van der Waals surface area contributed by atoms with Gasteiger partial charge in [-0.3, -0.25) is 4.79 Å². The quantitative estimate of drug-likeness (QED) is 0.690. The van der Waals surface area contributed by atoms with Crippen molar-refractivity contribution in [2.45, 2.75) is 25.2 Å². The molecule has 1 N–H and O–H groups in total. The number of nitrogens with zero attached hydrogens (tertiary/aromatic N) is 1. The van der Waals surface area contributed by atoms with E-state index in [-0.39, 0.29) is 17.3 Å². The van der Waals surface area contributed by atoms with Crippen LogP contribution in [-0.4, -0.2) is 52.6 Å². The van der Waals surface area contributed by atoms with Crippen molar-refractivity contribution < 1.29 is 17.9 Å². The lowest BCUT2D eigenvalue weighted by atomic mass is 10.2. The summed E-state index contributed by atoms with van der Waals surface area (Å²) in [6.07, 6.45) is 0.723. The Balaban J connectivity index is 2.55. The fourth-order valence-corrected chi connectivity index (χ4v) is 3.13. The zero-order chi connectivity index (χ0) is 16.6. The highest BCUT2D eigenvalue weighted by Gasteiger charge is 2.15. The van der Waals surface area contributed by atoms with Gasteiger partial charge in [-0.05, 0) is 31.0 Å². The third kappa shape index (κ3) is 6.13. The topological polar surface area (TPSA) is 75.7 Å². The van der Waals surface area contributed by atoms with Gasteiger partial charge in [-0.1, -0.05) is 12.1 Å². The van der Waals surface area contributed by atoms with E-state index in [0.29, 0.717) is 19.7 Å². The summed E-state index contributed by atoms with van der Waals surface area (Å²) in [6.45, 7) is 4.95. The van der Waals surface area contributed by atoms with Crippen LogP contribution in [0.25, 0.3) is 0 Å². The number of methoxy groups -OCH3 is 1. The van der Waals surface area contributed by atoms with E-state index in [1.165, 1.54) is 6.92 Å². The number of carbonyl (C=O) groups excluding carboxylic acids is 1. The highest BCUT2D eigenvalue weighted by molar-refractivity contribution is 7.89. The molecule has 0 aliphatic rings. The van der Waals surface area contributed by atoms with Crippen molar-refractivity contribution >= 4 is 15.9 Å². The first-order valence-electron chi connectivity index (χ1n) is 7.17. The first-order valence-corrected chi connectivity index (χ1v) is 8.66. The maximum absolute atomic E-state index is 12.2. The van der Waals surface area contributed by atoms with Crippen molar-refractivity contribution in [1.29, 1.82) is 0 Å². The van der Waals surface area contributed by atoms with Gasteiger partial charge in [-0.2, -0.15) is 0 Å². The van der Waals surface area contributed by atoms with E-state index in [0.717, 1.165) is 12.0 Å². The summed E-state index contributed by atoms with van der Waals surface area (Å²) in [4.78, 5) is 13.4. The van der Waals surface area contributed by atoms with E-state index in [9.17, 15) is 13.2 Å². The minimum atomic E-state index is -3.54. The van der Waals surface area contributed by atoms with E-state index < -0.39 is 10.0 Å². The molecule has 0 aliphatic carbocycles. The van der Waals surface area contributed by atoms with Crippen LogP contribution >= 0.6 is 0 Å². The van der Waals surface area contributed by atoms with Gasteiger partial charge in [0.2, 0.25) is 15.9 Å². The van der Waals surface area contributed by atoms with E-state index in [2.05, 4.69) is 4.72 Å². The Hall–Kier alpha value is -1.44. The molecule has 7 heteroatoms. The summed E-state index contributed by atoms with van der Waals surface area (Å²) >= 11 is 0. The van der Waals surface area contributed by atoms with Gasteiger partial charge in [0.05, 0.1) is 4.90 Å². The number of carbonyl (C=O) groups is 1. The van der Waals surface area contributed by atoms with Crippen LogP contribution in [0.4, 0.5) is 0 Å². The van der Waals surface area contributed by atoms with Crippen LogP contribution in [0.2, 0.25) is 0 Å². The number of benzene rings is 1. The predicted molar refractivity (Wildman–Crippen MR) is 85.1 cm³/mol. The second-order valence-corrected chi connectivity index (χ2v) is 6.83. The van der Waals surface area contributed by atoms with Crippen molar-refractivity contribution in [1.82, 2.24) is 9.62 Å². The number of nitrogens with one attached hydrogen (secondary N) is 1. The third-order valence-electron chi connectivity index (χ3n) is 3.20.